The molecule has 0 unspecified atom stereocenters. The number of fused-ring (bicyclic) bond motifs is 1. The number of hydrogen-bond donors (Lipinski definition) is 1. The monoisotopic (exact) mass is 185 g/mol. The molecule has 0 fully saturated rings. The molecule has 3 rings (SSSR count). The van der Waals surface area contributed by atoms with Crippen molar-refractivity contribution in [2.45, 2.75) is 0 Å². The van der Waals surface area contributed by atoms with Crippen LogP contribution in [-0.4, -0.2) is 11.2 Å². The first-order valence-corrected chi connectivity index (χ1v) is 4.70. The number of hydrogen-bond acceptors (Lipinski definition) is 2. The molecule has 0 radical (unpaired) electrons. The first kappa shape index (κ1) is 7.50. The van der Waals surface area contributed by atoms with Crippen molar-refractivity contribution >= 4 is 10.9 Å². The van der Waals surface area contributed by atoms with Crippen molar-refractivity contribution in [2.24, 2.45) is 0 Å². The lowest BCUT2D eigenvalue weighted by Crippen LogP contribution is -2.39. The zero-order valence-electron chi connectivity index (χ0n) is 7.72. The zero-order chi connectivity index (χ0) is 9.38. The smallest absolute Gasteiger partial charge is 0.0767 e. The summed E-state index contributed by atoms with van der Waals surface area (Å²) in [6, 6.07) is 10.5. The maximum absolute atomic E-state index is 3.17. The summed E-state index contributed by atoms with van der Waals surface area (Å²) in [5, 5.41) is 3.32. The Balaban J connectivity index is 2.12. The number of nitrogens with zero attached hydrogens (tertiary/aromatic N) is 2. The summed E-state index contributed by atoms with van der Waals surface area (Å²) in [4.78, 5) is 0. The molecule has 3 heteroatoms. The van der Waals surface area contributed by atoms with Crippen LogP contribution < -0.4 is 10.5 Å². The molecule has 2 heterocycles. The fourth-order valence-corrected chi connectivity index (χ4v) is 1.77. The van der Waals surface area contributed by atoms with Crippen LogP contribution in [0.1, 0.15) is 0 Å². The third-order valence-electron chi connectivity index (χ3n) is 2.46. The van der Waals surface area contributed by atoms with Crippen LogP contribution in [0.4, 0.5) is 0 Å². The summed E-state index contributed by atoms with van der Waals surface area (Å²) in [6.45, 7) is 0.901. The summed E-state index contributed by atoms with van der Waals surface area (Å²) in [7, 11) is 0. The lowest BCUT2D eigenvalue weighted by molar-refractivity contribution is 0.612. The Hall–Kier alpha value is -1.90. The van der Waals surface area contributed by atoms with Crippen molar-refractivity contribution < 1.29 is 0 Å². The number of aromatic nitrogens is 1. The molecular weight excluding hydrogens is 174 g/mol. The van der Waals surface area contributed by atoms with Crippen molar-refractivity contribution in [1.29, 1.82) is 0 Å². The molecule has 1 aliphatic rings. The van der Waals surface area contributed by atoms with Crippen LogP contribution in [-0.2, 0) is 0 Å². The van der Waals surface area contributed by atoms with Gasteiger partial charge in [0.2, 0.25) is 0 Å². The lowest BCUT2D eigenvalue weighted by atomic mass is 10.3. The number of rotatable bonds is 1. The second-order valence-corrected chi connectivity index (χ2v) is 3.33. The minimum atomic E-state index is 0.901. The van der Waals surface area contributed by atoms with E-state index in [1.165, 1.54) is 10.9 Å². The van der Waals surface area contributed by atoms with E-state index in [-0.39, 0.29) is 0 Å². The van der Waals surface area contributed by atoms with Crippen LogP contribution in [0.2, 0.25) is 0 Å². The van der Waals surface area contributed by atoms with E-state index in [2.05, 4.69) is 57.8 Å². The third-order valence-corrected chi connectivity index (χ3v) is 2.46. The molecule has 0 bridgehead atoms. The Morgan fingerprint density at radius 3 is 2.93 bits per heavy atom. The van der Waals surface area contributed by atoms with Gasteiger partial charge in [-0.3, -0.25) is 5.43 Å². The van der Waals surface area contributed by atoms with E-state index in [1.807, 2.05) is 6.20 Å². The van der Waals surface area contributed by atoms with Gasteiger partial charge in [-0.05, 0) is 18.2 Å². The van der Waals surface area contributed by atoms with E-state index in [0.29, 0.717) is 0 Å². The molecule has 1 aromatic carbocycles. The first-order chi connectivity index (χ1) is 6.95. The topological polar surface area (TPSA) is 20.2 Å². The predicted molar refractivity (Wildman–Crippen MR) is 57.3 cm³/mol. The second kappa shape index (κ2) is 2.80. The van der Waals surface area contributed by atoms with Crippen LogP contribution in [0.5, 0.6) is 0 Å². The van der Waals surface area contributed by atoms with Crippen molar-refractivity contribution in [2.75, 3.05) is 11.7 Å². The summed E-state index contributed by atoms with van der Waals surface area (Å²) in [5.41, 5.74) is 4.39. The summed E-state index contributed by atoms with van der Waals surface area (Å²) >= 11 is 0. The van der Waals surface area contributed by atoms with Gasteiger partial charge in [-0.1, -0.05) is 18.2 Å². The molecule has 0 atom stereocenters. The van der Waals surface area contributed by atoms with E-state index < -0.39 is 0 Å². The van der Waals surface area contributed by atoms with E-state index in [1.54, 1.807) is 0 Å². The fourth-order valence-electron chi connectivity index (χ4n) is 1.77. The Morgan fingerprint density at radius 2 is 2.07 bits per heavy atom. The van der Waals surface area contributed by atoms with Gasteiger partial charge in [-0.15, -0.1) is 0 Å². The van der Waals surface area contributed by atoms with Gasteiger partial charge in [0.15, 0.2) is 0 Å². The van der Waals surface area contributed by atoms with E-state index in [9.17, 15) is 0 Å². The maximum Gasteiger partial charge on any atom is 0.0767 e. The van der Waals surface area contributed by atoms with Gasteiger partial charge in [0.1, 0.15) is 0 Å². The largest absolute Gasteiger partial charge is 0.291 e. The molecule has 1 aliphatic heterocycles. The highest BCUT2D eigenvalue weighted by Gasteiger charge is 2.08. The zero-order valence-corrected chi connectivity index (χ0v) is 7.72. The minimum Gasteiger partial charge on any atom is -0.291 e. The summed E-state index contributed by atoms with van der Waals surface area (Å²) in [5.74, 6) is 0. The van der Waals surface area contributed by atoms with Crippen LogP contribution >= 0.6 is 0 Å². The van der Waals surface area contributed by atoms with Crippen molar-refractivity contribution in [3.63, 3.8) is 0 Å². The van der Waals surface area contributed by atoms with Gasteiger partial charge in [0, 0.05) is 17.8 Å². The molecule has 3 nitrogen and oxygen atoms in total. The van der Waals surface area contributed by atoms with E-state index in [0.717, 1.165) is 6.54 Å². The predicted octanol–water partition coefficient (Wildman–Crippen LogP) is 1.61. The molecule has 0 saturated carbocycles. The molecule has 2 aromatic rings. The highest BCUT2D eigenvalue weighted by atomic mass is 15.7. The molecule has 1 N–H and O–H groups in total. The number of nitrogens with one attached hydrogen (secondary N) is 1. The number of benzene rings is 1. The second-order valence-electron chi connectivity index (χ2n) is 3.33. The molecule has 0 amide bonds. The standard InChI is InChI=1S/C11H11N3/c1-2-5-11-10(4-1)6-9-13(11)14-8-3-7-12-14/h1-7,9,12H,8H2. The lowest BCUT2D eigenvalue weighted by Gasteiger charge is -2.20. The van der Waals surface area contributed by atoms with Crippen LogP contribution in [0.15, 0.2) is 48.8 Å². The third kappa shape index (κ3) is 0.988. The fraction of sp³-hybridized carbons (Fsp3) is 0.0909. The van der Waals surface area contributed by atoms with Crippen molar-refractivity contribution in [3.8, 4) is 0 Å². The van der Waals surface area contributed by atoms with Gasteiger partial charge < -0.3 is 0 Å². The molecular formula is C11H11N3. The highest BCUT2D eigenvalue weighted by Crippen LogP contribution is 2.15. The van der Waals surface area contributed by atoms with Gasteiger partial charge in [-0.2, -0.15) is 0 Å². The Bertz CT molecular complexity index is 476. The molecule has 0 saturated heterocycles. The Labute approximate surface area is 82.2 Å². The molecule has 0 spiro atoms. The first-order valence-electron chi connectivity index (χ1n) is 4.70. The average molecular weight is 185 g/mol. The Morgan fingerprint density at radius 1 is 1.14 bits per heavy atom. The SMILES string of the molecule is C1=CNN(n2ccc3ccccc32)C1. The normalized spacial score (nSPS) is 15.0. The van der Waals surface area contributed by atoms with Crippen LogP contribution in [0.3, 0.4) is 0 Å². The number of para-hydroxylation sites is 1. The van der Waals surface area contributed by atoms with Gasteiger partial charge >= 0.3 is 0 Å². The van der Waals surface area contributed by atoms with Crippen molar-refractivity contribution in [3.05, 3.63) is 48.8 Å². The maximum atomic E-state index is 3.17. The Kier molecular flexibility index (Phi) is 1.50. The van der Waals surface area contributed by atoms with Gasteiger partial charge in [-0.25, -0.2) is 9.79 Å². The van der Waals surface area contributed by atoms with Gasteiger partial charge in [0.25, 0.3) is 0 Å². The number of hydrazine groups is 1. The average Bonchev–Trinajstić information content (AvgIpc) is 2.85. The van der Waals surface area contributed by atoms with E-state index in [4.69, 9.17) is 0 Å². The molecule has 14 heavy (non-hydrogen) atoms. The van der Waals surface area contributed by atoms with E-state index >= 15 is 0 Å². The molecule has 70 valence electrons. The minimum absolute atomic E-state index is 0.901. The van der Waals surface area contributed by atoms with Crippen molar-refractivity contribution in [1.82, 2.24) is 10.1 Å². The highest BCUT2D eigenvalue weighted by molar-refractivity contribution is 5.80. The van der Waals surface area contributed by atoms with Crippen LogP contribution in [0, 0.1) is 0 Å². The quantitative estimate of drug-likeness (QED) is 0.728. The molecule has 0 aliphatic carbocycles. The van der Waals surface area contributed by atoms with Crippen LogP contribution in [0.25, 0.3) is 10.9 Å². The summed E-state index contributed by atoms with van der Waals surface area (Å²) < 4.78 is 2.12. The summed E-state index contributed by atoms with van der Waals surface area (Å²) in [6.07, 6.45) is 6.12. The van der Waals surface area contributed by atoms with Gasteiger partial charge in [0.05, 0.1) is 12.1 Å². The molecule has 1 aromatic heterocycles.